The van der Waals surface area contributed by atoms with E-state index < -0.39 is 0 Å². The maximum absolute atomic E-state index is 2.42. The van der Waals surface area contributed by atoms with E-state index in [1.165, 1.54) is 90.9 Å². The van der Waals surface area contributed by atoms with Gasteiger partial charge in [-0.15, -0.1) is 22.7 Å². The Morgan fingerprint density at radius 1 is 0.643 bits per heavy atom. The van der Waals surface area contributed by atoms with Crippen molar-refractivity contribution in [2.75, 3.05) is 0 Å². The third kappa shape index (κ3) is 3.33. The molecule has 2 heterocycles. The van der Waals surface area contributed by atoms with Crippen molar-refractivity contribution in [2.24, 2.45) is 0 Å². The first-order valence-corrected chi connectivity index (χ1v) is 12.2. The summed E-state index contributed by atoms with van der Waals surface area (Å²) in [6.07, 6.45) is 9.40. The first-order valence-electron chi connectivity index (χ1n) is 10.6. The average molecular weight is 403 g/mol. The fourth-order valence-corrected chi connectivity index (χ4v) is 6.94. The van der Waals surface area contributed by atoms with Crippen LogP contribution in [-0.2, 0) is 6.42 Å². The zero-order valence-electron chi connectivity index (χ0n) is 16.5. The first-order chi connectivity index (χ1) is 13.8. The van der Waals surface area contributed by atoms with Gasteiger partial charge in [0.1, 0.15) is 0 Å². The van der Waals surface area contributed by atoms with Gasteiger partial charge in [0.2, 0.25) is 0 Å². The van der Waals surface area contributed by atoms with Gasteiger partial charge in [0.25, 0.3) is 0 Å². The summed E-state index contributed by atoms with van der Waals surface area (Å²) in [5, 5.41) is 5.61. The van der Waals surface area contributed by atoms with E-state index in [-0.39, 0.29) is 0 Å². The van der Waals surface area contributed by atoms with Crippen LogP contribution in [0.4, 0.5) is 0 Å². The molecule has 5 rings (SSSR count). The van der Waals surface area contributed by atoms with Crippen molar-refractivity contribution in [3.63, 3.8) is 0 Å². The first kappa shape index (κ1) is 18.1. The largest absolute Gasteiger partial charge is 0.134 e. The molecule has 0 atom stereocenters. The van der Waals surface area contributed by atoms with Crippen LogP contribution in [0.2, 0.25) is 0 Å². The standard InChI is InChI=1S/C26H26S2/c1-2-3-4-5-6-7-10-18-13-14-19-16-22-24(17-20(19)15-18)28-25-21-11-8-9-12-23(21)27-26(22)25/h8-9,11-17H,2-7,10H2,1H3. The van der Waals surface area contributed by atoms with Gasteiger partial charge in [-0.1, -0.05) is 75.4 Å². The van der Waals surface area contributed by atoms with Crippen molar-refractivity contribution < 1.29 is 0 Å². The van der Waals surface area contributed by atoms with Crippen LogP contribution >= 0.6 is 22.7 Å². The second-order valence-corrected chi connectivity index (χ2v) is 10.0. The highest BCUT2D eigenvalue weighted by Crippen LogP contribution is 2.45. The predicted molar refractivity (Wildman–Crippen MR) is 129 cm³/mol. The molecule has 0 aliphatic heterocycles. The molecule has 0 nitrogen and oxygen atoms in total. The van der Waals surface area contributed by atoms with Gasteiger partial charge in [0, 0.05) is 20.2 Å². The van der Waals surface area contributed by atoms with E-state index in [4.69, 9.17) is 0 Å². The summed E-state index contributed by atoms with van der Waals surface area (Å²) in [7, 11) is 0. The van der Waals surface area contributed by atoms with E-state index in [2.05, 4.69) is 61.5 Å². The number of rotatable bonds is 7. The van der Waals surface area contributed by atoms with Crippen molar-refractivity contribution in [3.8, 4) is 0 Å². The maximum atomic E-state index is 2.42. The highest BCUT2D eigenvalue weighted by atomic mass is 32.1. The molecule has 0 spiro atoms. The van der Waals surface area contributed by atoms with Crippen LogP contribution in [0, 0.1) is 0 Å². The summed E-state index contributed by atoms with van der Waals surface area (Å²) in [6.45, 7) is 2.28. The predicted octanol–water partition coefficient (Wildman–Crippen LogP) is 9.33. The van der Waals surface area contributed by atoms with Crippen molar-refractivity contribution in [3.05, 3.63) is 60.2 Å². The molecule has 0 bridgehead atoms. The Bertz CT molecular complexity index is 1260. The van der Waals surface area contributed by atoms with E-state index >= 15 is 0 Å². The molecule has 142 valence electrons. The van der Waals surface area contributed by atoms with Crippen LogP contribution < -0.4 is 0 Å². The zero-order valence-corrected chi connectivity index (χ0v) is 18.1. The highest BCUT2D eigenvalue weighted by molar-refractivity contribution is 7.36. The Hall–Kier alpha value is -1.90. The lowest BCUT2D eigenvalue weighted by Gasteiger charge is -2.05. The minimum atomic E-state index is 1.21. The summed E-state index contributed by atoms with van der Waals surface area (Å²) >= 11 is 3.90. The van der Waals surface area contributed by atoms with Crippen LogP contribution in [-0.4, -0.2) is 0 Å². The Morgan fingerprint density at radius 2 is 1.43 bits per heavy atom. The minimum absolute atomic E-state index is 1.21. The topological polar surface area (TPSA) is 0 Å². The van der Waals surface area contributed by atoms with Crippen molar-refractivity contribution in [1.82, 2.24) is 0 Å². The molecule has 0 amide bonds. The van der Waals surface area contributed by atoms with Crippen molar-refractivity contribution in [2.45, 2.75) is 51.9 Å². The molecular weight excluding hydrogens is 376 g/mol. The van der Waals surface area contributed by atoms with Crippen LogP contribution in [0.1, 0.15) is 51.0 Å². The molecule has 0 saturated carbocycles. The molecule has 28 heavy (non-hydrogen) atoms. The van der Waals surface area contributed by atoms with E-state index in [1.807, 2.05) is 22.7 Å². The minimum Gasteiger partial charge on any atom is -0.134 e. The summed E-state index contributed by atoms with van der Waals surface area (Å²) in [5.41, 5.74) is 1.49. The number of benzene rings is 3. The Morgan fingerprint density at radius 3 is 2.36 bits per heavy atom. The molecule has 0 N–H and O–H groups in total. The number of unbranched alkanes of at least 4 members (excludes halogenated alkanes) is 5. The van der Waals surface area contributed by atoms with Gasteiger partial charge in [0.15, 0.2) is 0 Å². The number of hydrogen-bond donors (Lipinski definition) is 0. The van der Waals surface area contributed by atoms with Gasteiger partial charge in [-0.3, -0.25) is 0 Å². The summed E-state index contributed by atoms with van der Waals surface area (Å²) in [6, 6.07) is 20.7. The molecule has 0 aliphatic carbocycles. The lowest BCUT2D eigenvalue weighted by atomic mass is 10.0. The molecule has 0 unspecified atom stereocenters. The van der Waals surface area contributed by atoms with Crippen molar-refractivity contribution in [1.29, 1.82) is 0 Å². The van der Waals surface area contributed by atoms with Gasteiger partial charge in [-0.25, -0.2) is 0 Å². The maximum Gasteiger partial charge on any atom is 0.0542 e. The highest BCUT2D eigenvalue weighted by Gasteiger charge is 2.12. The number of fused-ring (bicyclic) bond motifs is 6. The van der Waals surface area contributed by atoms with Crippen LogP contribution in [0.3, 0.4) is 0 Å². The normalized spacial score (nSPS) is 12.0. The second-order valence-electron chi connectivity index (χ2n) is 7.91. The molecule has 0 saturated heterocycles. The quantitative estimate of drug-likeness (QED) is 0.238. The monoisotopic (exact) mass is 402 g/mol. The van der Waals surface area contributed by atoms with Crippen LogP contribution in [0.15, 0.2) is 54.6 Å². The zero-order chi connectivity index (χ0) is 18.9. The second kappa shape index (κ2) is 7.85. The van der Waals surface area contributed by atoms with Gasteiger partial charge in [-0.2, -0.15) is 0 Å². The lowest BCUT2D eigenvalue weighted by molar-refractivity contribution is 0.607. The average Bonchev–Trinajstić information content (AvgIpc) is 3.25. The van der Waals surface area contributed by atoms with Crippen LogP contribution in [0.5, 0.6) is 0 Å². The van der Waals surface area contributed by atoms with E-state index in [1.54, 1.807) is 0 Å². The van der Waals surface area contributed by atoms with Gasteiger partial charge in [0.05, 0.1) is 9.40 Å². The fraction of sp³-hybridized carbons (Fsp3) is 0.308. The van der Waals surface area contributed by atoms with Crippen LogP contribution in [0.25, 0.3) is 40.3 Å². The molecule has 2 aromatic heterocycles. The SMILES string of the molecule is CCCCCCCCc1ccc2cc3c(cc2c1)sc1c2ccccc2sc31. The van der Waals surface area contributed by atoms with Gasteiger partial charge in [-0.05, 0) is 47.4 Å². The molecule has 0 radical (unpaired) electrons. The Balaban J connectivity index is 1.45. The molecule has 2 heteroatoms. The summed E-state index contributed by atoms with van der Waals surface area (Å²) < 4.78 is 5.74. The number of thiophene rings is 2. The molecular formula is C26H26S2. The third-order valence-corrected chi connectivity index (χ3v) is 8.35. The smallest absolute Gasteiger partial charge is 0.0542 e. The van der Waals surface area contributed by atoms with E-state index in [0.717, 1.165) is 0 Å². The molecule has 3 aromatic carbocycles. The Labute approximate surface area is 174 Å². The van der Waals surface area contributed by atoms with Gasteiger partial charge >= 0.3 is 0 Å². The van der Waals surface area contributed by atoms with E-state index in [0.29, 0.717) is 0 Å². The Kier molecular flexibility index (Phi) is 5.09. The molecule has 0 fully saturated rings. The fourth-order valence-electron chi connectivity index (χ4n) is 4.26. The number of aryl methyl sites for hydroxylation is 1. The number of hydrogen-bond acceptors (Lipinski definition) is 2. The van der Waals surface area contributed by atoms with Crippen molar-refractivity contribution >= 4 is 63.0 Å². The third-order valence-electron chi connectivity index (χ3n) is 5.83. The molecule has 0 aliphatic rings. The molecule has 5 aromatic rings. The summed E-state index contributed by atoms with van der Waals surface area (Å²) in [5.74, 6) is 0. The lowest BCUT2D eigenvalue weighted by Crippen LogP contribution is -1.87. The summed E-state index contributed by atoms with van der Waals surface area (Å²) in [4.78, 5) is 0. The van der Waals surface area contributed by atoms with E-state index in [9.17, 15) is 0 Å². The van der Waals surface area contributed by atoms with Gasteiger partial charge < -0.3 is 0 Å².